The molecule has 0 aliphatic carbocycles. The van der Waals surface area contributed by atoms with E-state index in [9.17, 15) is 17.6 Å². The van der Waals surface area contributed by atoms with Gasteiger partial charge in [-0.15, -0.1) is 0 Å². The molecule has 0 aromatic heterocycles. The lowest BCUT2D eigenvalue weighted by atomic mass is 10.3. The predicted molar refractivity (Wildman–Crippen MR) is 76.4 cm³/mol. The van der Waals surface area contributed by atoms with Crippen molar-refractivity contribution in [2.75, 3.05) is 24.7 Å². The summed E-state index contributed by atoms with van der Waals surface area (Å²) in [6, 6.07) is 5.29. The van der Waals surface area contributed by atoms with Crippen LogP contribution in [0.5, 0.6) is 0 Å². The second-order valence-corrected chi connectivity index (χ2v) is 6.49. The summed E-state index contributed by atoms with van der Waals surface area (Å²) in [4.78, 5) is 11.8. The quantitative estimate of drug-likeness (QED) is 0.835. The van der Waals surface area contributed by atoms with Gasteiger partial charge in [0.05, 0.1) is 12.8 Å². The molecule has 0 spiro atoms. The topological polar surface area (TPSA) is 66.5 Å². The van der Waals surface area contributed by atoms with Gasteiger partial charge in [-0.2, -0.15) is 4.31 Å². The Kier molecular flexibility index (Phi) is 6.09. The Morgan fingerprint density at radius 3 is 2.40 bits per heavy atom. The van der Waals surface area contributed by atoms with Crippen molar-refractivity contribution in [3.63, 3.8) is 0 Å². The van der Waals surface area contributed by atoms with Crippen molar-refractivity contribution in [1.82, 2.24) is 4.31 Å². The number of hydrogen-bond donors (Lipinski definition) is 1. The van der Waals surface area contributed by atoms with Gasteiger partial charge in [0.2, 0.25) is 15.9 Å². The van der Waals surface area contributed by atoms with E-state index in [-0.39, 0.29) is 6.54 Å². The number of hydrogen-bond acceptors (Lipinski definition) is 3. The van der Waals surface area contributed by atoms with E-state index in [0.29, 0.717) is 18.7 Å². The van der Waals surface area contributed by atoms with E-state index in [1.165, 1.54) is 24.3 Å². The predicted octanol–water partition coefficient (Wildman–Crippen LogP) is 1.83. The first kappa shape index (κ1) is 16.6. The number of halogens is 1. The average molecular weight is 302 g/mol. The average Bonchev–Trinajstić information content (AvgIpc) is 2.36. The molecule has 0 aliphatic heterocycles. The van der Waals surface area contributed by atoms with Gasteiger partial charge >= 0.3 is 0 Å². The van der Waals surface area contributed by atoms with Crippen molar-refractivity contribution in [1.29, 1.82) is 0 Å². The molecule has 20 heavy (non-hydrogen) atoms. The first-order valence-electron chi connectivity index (χ1n) is 6.33. The fourth-order valence-corrected chi connectivity index (χ4v) is 2.40. The molecule has 0 unspecified atom stereocenters. The van der Waals surface area contributed by atoms with E-state index in [1.54, 1.807) is 0 Å². The minimum Gasteiger partial charge on any atom is -0.325 e. The molecule has 1 rings (SSSR count). The Morgan fingerprint density at radius 2 is 1.90 bits per heavy atom. The fourth-order valence-electron chi connectivity index (χ4n) is 1.59. The van der Waals surface area contributed by atoms with Crippen LogP contribution in [0.4, 0.5) is 10.1 Å². The Hall–Kier alpha value is -1.47. The van der Waals surface area contributed by atoms with Crippen LogP contribution in [0.3, 0.4) is 0 Å². The van der Waals surface area contributed by atoms with Gasteiger partial charge in [0.25, 0.3) is 0 Å². The van der Waals surface area contributed by atoms with E-state index in [0.717, 1.165) is 17.0 Å². The van der Waals surface area contributed by atoms with Crippen molar-refractivity contribution < 1.29 is 17.6 Å². The zero-order chi connectivity index (χ0) is 15.2. The fraction of sp³-hybridized carbons (Fsp3) is 0.462. The van der Waals surface area contributed by atoms with Crippen LogP contribution in [0.25, 0.3) is 0 Å². The molecule has 1 aromatic carbocycles. The lowest BCUT2D eigenvalue weighted by Gasteiger charge is -2.19. The van der Waals surface area contributed by atoms with Gasteiger partial charge in [-0.1, -0.05) is 13.3 Å². The highest BCUT2D eigenvalue weighted by Crippen LogP contribution is 2.09. The van der Waals surface area contributed by atoms with Crippen molar-refractivity contribution in [3.05, 3.63) is 30.1 Å². The summed E-state index contributed by atoms with van der Waals surface area (Å²) in [5.41, 5.74) is 0.431. The molecule has 112 valence electrons. The molecule has 1 aromatic rings. The summed E-state index contributed by atoms with van der Waals surface area (Å²) in [7, 11) is -3.42. The number of benzene rings is 1. The SMILES string of the molecule is CCCCN(CC(=O)Nc1ccc(F)cc1)S(C)(=O)=O. The Morgan fingerprint density at radius 1 is 1.30 bits per heavy atom. The number of rotatable bonds is 7. The minimum atomic E-state index is -3.42. The number of sulfonamides is 1. The molecule has 0 bridgehead atoms. The summed E-state index contributed by atoms with van der Waals surface area (Å²) in [5.74, 6) is -0.846. The van der Waals surface area contributed by atoms with Crippen LogP contribution in [0.15, 0.2) is 24.3 Å². The number of carbonyl (C=O) groups excluding carboxylic acids is 1. The maximum absolute atomic E-state index is 12.7. The Balaban J connectivity index is 2.64. The van der Waals surface area contributed by atoms with Gasteiger partial charge in [-0.05, 0) is 30.7 Å². The smallest absolute Gasteiger partial charge is 0.239 e. The summed E-state index contributed by atoms with van der Waals surface area (Å²) < 4.78 is 37.0. The molecule has 0 saturated heterocycles. The number of carbonyl (C=O) groups is 1. The van der Waals surface area contributed by atoms with E-state index < -0.39 is 21.7 Å². The van der Waals surface area contributed by atoms with Gasteiger partial charge in [-0.3, -0.25) is 4.79 Å². The Bertz CT molecular complexity index is 543. The second-order valence-electron chi connectivity index (χ2n) is 4.51. The van der Waals surface area contributed by atoms with Gasteiger partial charge in [-0.25, -0.2) is 12.8 Å². The molecule has 0 radical (unpaired) electrons. The molecule has 0 heterocycles. The second kappa shape index (κ2) is 7.35. The van der Waals surface area contributed by atoms with Crippen molar-refractivity contribution in [2.45, 2.75) is 19.8 Å². The summed E-state index contributed by atoms with van der Waals surface area (Å²) >= 11 is 0. The maximum atomic E-state index is 12.7. The molecule has 0 fully saturated rings. The lowest BCUT2D eigenvalue weighted by molar-refractivity contribution is -0.116. The third kappa shape index (κ3) is 5.66. The van der Waals surface area contributed by atoms with Gasteiger partial charge in [0.15, 0.2) is 0 Å². The molecular weight excluding hydrogens is 283 g/mol. The highest BCUT2D eigenvalue weighted by atomic mass is 32.2. The van der Waals surface area contributed by atoms with Crippen LogP contribution in [0, 0.1) is 5.82 Å². The van der Waals surface area contributed by atoms with E-state index in [1.807, 2.05) is 6.92 Å². The summed E-state index contributed by atoms with van der Waals surface area (Å²) in [5, 5.41) is 2.54. The third-order valence-corrected chi connectivity index (χ3v) is 3.93. The highest BCUT2D eigenvalue weighted by Gasteiger charge is 2.19. The van der Waals surface area contributed by atoms with Crippen LogP contribution >= 0.6 is 0 Å². The molecule has 0 saturated carbocycles. The van der Waals surface area contributed by atoms with Gasteiger partial charge in [0, 0.05) is 12.2 Å². The zero-order valence-electron chi connectivity index (χ0n) is 11.6. The first-order valence-corrected chi connectivity index (χ1v) is 8.18. The van der Waals surface area contributed by atoms with Crippen molar-refractivity contribution >= 4 is 21.6 Å². The largest absolute Gasteiger partial charge is 0.325 e. The molecule has 0 atom stereocenters. The molecule has 0 aliphatic rings. The molecule has 5 nitrogen and oxygen atoms in total. The molecule has 7 heteroatoms. The standard InChI is InChI=1S/C13H19FN2O3S/c1-3-4-9-16(20(2,18)19)10-13(17)15-12-7-5-11(14)6-8-12/h5-8H,3-4,9-10H2,1-2H3,(H,15,17). The zero-order valence-corrected chi connectivity index (χ0v) is 12.4. The molecular formula is C13H19FN2O3S. The van der Waals surface area contributed by atoms with E-state index in [2.05, 4.69) is 5.32 Å². The number of anilines is 1. The van der Waals surface area contributed by atoms with Crippen LogP contribution in [0.1, 0.15) is 19.8 Å². The van der Waals surface area contributed by atoms with Crippen LogP contribution in [-0.2, 0) is 14.8 Å². The van der Waals surface area contributed by atoms with Gasteiger partial charge < -0.3 is 5.32 Å². The third-order valence-electron chi connectivity index (χ3n) is 2.68. The van der Waals surface area contributed by atoms with Gasteiger partial charge in [0.1, 0.15) is 5.82 Å². The minimum absolute atomic E-state index is 0.240. The highest BCUT2D eigenvalue weighted by molar-refractivity contribution is 7.88. The molecule has 1 N–H and O–H groups in total. The van der Waals surface area contributed by atoms with E-state index >= 15 is 0 Å². The van der Waals surface area contributed by atoms with Crippen LogP contribution < -0.4 is 5.32 Å². The van der Waals surface area contributed by atoms with Crippen LogP contribution in [-0.4, -0.2) is 38.0 Å². The number of amides is 1. The monoisotopic (exact) mass is 302 g/mol. The Labute approximate surface area is 118 Å². The number of nitrogens with zero attached hydrogens (tertiary/aromatic N) is 1. The number of unbranched alkanes of at least 4 members (excludes halogenated alkanes) is 1. The number of nitrogens with one attached hydrogen (secondary N) is 1. The van der Waals surface area contributed by atoms with Crippen molar-refractivity contribution in [2.24, 2.45) is 0 Å². The lowest BCUT2D eigenvalue weighted by Crippen LogP contribution is -2.37. The van der Waals surface area contributed by atoms with Crippen LogP contribution in [0.2, 0.25) is 0 Å². The first-order chi connectivity index (χ1) is 9.32. The van der Waals surface area contributed by atoms with E-state index in [4.69, 9.17) is 0 Å². The summed E-state index contributed by atoms with van der Waals surface area (Å²) in [6.45, 7) is 2.02. The molecule has 1 amide bonds. The van der Waals surface area contributed by atoms with Crippen molar-refractivity contribution in [3.8, 4) is 0 Å². The maximum Gasteiger partial charge on any atom is 0.239 e. The summed E-state index contributed by atoms with van der Waals surface area (Å²) in [6.07, 6.45) is 2.61. The normalized spacial score (nSPS) is 11.6.